The zero-order valence-electron chi connectivity index (χ0n) is 10.5. The van der Waals surface area contributed by atoms with Crippen LogP contribution in [0.1, 0.15) is 23.5 Å². The lowest BCUT2D eigenvalue weighted by Gasteiger charge is -2.19. The van der Waals surface area contributed by atoms with Crippen molar-refractivity contribution in [2.75, 3.05) is 6.26 Å². The first-order valence-corrected chi connectivity index (χ1v) is 10.3. The average molecular weight is 396 g/mol. The van der Waals surface area contributed by atoms with Gasteiger partial charge in [0.1, 0.15) is 0 Å². The van der Waals surface area contributed by atoms with Crippen molar-refractivity contribution in [3.63, 3.8) is 0 Å². The van der Waals surface area contributed by atoms with Crippen LogP contribution in [0.2, 0.25) is 0 Å². The van der Waals surface area contributed by atoms with Gasteiger partial charge in [0.25, 0.3) is 0 Å². The third kappa shape index (κ3) is 4.18. The Bertz CT molecular complexity index is 527. The van der Waals surface area contributed by atoms with E-state index < -0.39 is 0 Å². The van der Waals surface area contributed by atoms with Crippen LogP contribution in [0.5, 0.6) is 0 Å². The van der Waals surface area contributed by atoms with Crippen LogP contribution in [0.25, 0.3) is 0 Å². The quantitative estimate of drug-likeness (QED) is 0.720. The molecule has 2 rings (SSSR count). The van der Waals surface area contributed by atoms with Crippen molar-refractivity contribution >= 4 is 62.1 Å². The lowest BCUT2D eigenvalue weighted by molar-refractivity contribution is 0.639. The van der Waals surface area contributed by atoms with Crippen LogP contribution in [0, 0.1) is 0 Å². The van der Waals surface area contributed by atoms with Gasteiger partial charge in [-0.1, -0.05) is 41.8 Å². The highest BCUT2D eigenvalue weighted by Gasteiger charge is 2.23. The summed E-state index contributed by atoms with van der Waals surface area (Å²) in [5.41, 5.74) is 6.27. The zero-order chi connectivity index (χ0) is 13.8. The zero-order valence-corrected chi connectivity index (χ0v) is 15.4. The van der Waals surface area contributed by atoms with Gasteiger partial charge >= 0.3 is 0 Å². The van der Waals surface area contributed by atoms with Gasteiger partial charge in [0.2, 0.25) is 0 Å². The van der Waals surface area contributed by atoms with Crippen molar-refractivity contribution in [1.29, 1.82) is 0 Å². The molecular weight excluding hydrogens is 382 g/mol. The maximum Gasteiger partial charge on any atom is 0.175 e. The molecule has 3 nitrogen and oxygen atoms in total. The van der Waals surface area contributed by atoms with Crippen molar-refractivity contribution in [2.24, 2.45) is 5.73 Å². The SMILES string of the molecule is CCC(N)C(Sc1nnc(SC)s1)c1cc(Br)cs1. The first kappa shape index (κ1) is 15.8. The van der Waals surface area contributed by atoms with E-state index in [1.54, 1.807) is 46.2 Å². The predicted molar refractivity (Wildman–Crippen MR) is 90.6 cm³/mol. The molecular formula is C11H14BrN3S4. The van der Waals surface area contributed by atoms with Gasteiger partial charge in [-0.2, -0.15) is 0 Å². The Kier molecular flexibility index (Phi) is 6.16. The Morgan fingerprint density at radius 2 is 2.16 bits per heavy atom. The summed E-state index contributed by atoms with van der Waals surface area (Å²) in [5, 5.41) is 10.7. The molecule has 2 aromatic rings. The summed E-state index contributed by atoms with van der Waals surface area (Å²) >= 11 is 10.2. The molecule has 0 saturated carbocycles. The topological polar surface area (TPSA) is 51.8 Å². The lowest BCUT2D eigenvalue weighted by Crippen LogP contribution is -2.25. The summed E-state index contributed by atoms with van der Waals surface area (Å²) in [7, 11) is 0. The molecule has 2 aromatic heterocycles. The van der Waals surface area contributed by atoms with Crippen LogP contribution in [-0.2, 0) is 0 Å². The molecule has 104 valence electrons. The first-order chi connectivity index (χ1) is 9.13. The van der Waals surface area contributed by atoms with Gasteiger partial charge in [-0.3, -0.25) is 0 Å². The number of thiophene rings is 1. The largest absolute Gasteiger partial charge is 0.326 e. The molecule has 0 spiro atoms. The van der Waals surface area contributed by atoms with Gasteiger partial charge < -0.3 is 5.73 Å². The van der Waals surface area contributed by atoms with E-state index >= 15 is 0 Å². The highest BCUT2D eigenvalue weighted by molar-refractivity contribution is 9.10. The van der Waals surface area contributed by atoms with Gasteiger partial charge in [-0.25, -0.2) is 0 Å². The van der Waals surface area contributed by atoms with Gasteiger partial charge in [0.05, 0.1) is 5.25 Å². The number of rotatable bonds is 6. The lowest BCUT2D eigenvalue weighted by atomic mass is 10.1. The number of aromatic nitrogens is 2. The summed E-state index contributed by atoms with van der Waals surface area (Å²) in [6.45, 7) is 2.12. The van der Waals surface area contributed by atoms with Crippen LogP contribution in [0.3, 0.4) is 0 Å². The monoisotopic (exact) mass is 395 g/mol. The van der Waals surface area contributed by atoms with E-state index in [4.69, 9.17) is 5.73 Å². The van der Waals surface area contributed by atoms with E-state index in [2.05, 4.69) is 44.5 Å². The smallest absolute Gasteiger partial charge is 0.175 e. The Balaban J connectivity index is 2.18. The number of hydrogen-bond acceptors (Lipinski definition) is 7. The average Bonchev–Trinajstić information content (AvgIpc) is 3.03. The van der Waals surface area contributed by atoms with Crippen molar-refractivity contribution in [3.8, 4) is 0 Å². The second kappa shape index (κ2) is 7.42. The molecule has 0 amide bonds. The molecule has 0 radical (unpaired) electrons. The Morgan fingerprint density at radius 3 is 2.68 bits per heavy atom. The van der Waals surface area contributed by atoms with Crippen LogP contribution in [0.4, 0.5) is 0 Å². The first-order valence-electron chi connectivity index (χ1n) is 5.67. The predicted octanol–water partition coefficient (Wildman–Crippen LogP) is 4.65. The number of nitrogens with zero attached hydrogens (tertiary/aromatic N) is 2. The van der Waals surface area contributed by atoms with E-state index in [9.17, 15) is 0 Å². The van der Waals surface area contributed by atoms with Crippen molar-refractivity contribution in [1.82, 2.24) is 10.2 Å². The second-order valence-corrected chi connectivity index (χ2v) is 9.09. The van der Waals surface area contributed by atoms with Crippen LogP contribution in [-0.4, -0.2) is 22.5 Å². The normalized spacial score (nSPS) is 14.5. The molecule has 0 aliphatic carbocycles. The van der Waals surface area contributed by atoms with Crippen LogP contribution < -0.4 is 5.73 Å². The number of halogens is 1. The molecule has 2 atom stereocenters. The second-order valence-electron chi connectivity index (χ2n) is 3.82. The molecule has 0 fully saturated rings. The minimum atomic E-state index is 0.122. The van der Waals surface area contributed by atoms with Gasteiger partial charge in [-0.15, -0.1) is 21.5 Å². The fraction of sp³-hybridized carbons (Fsp3) is 0.455. The number of hydrogen-bond donors (Lipinski definition) is 1. The molecule has 2 heterocycles. The fourth-order valence-electron chi connectivity index (χ4n) is 1.48. The highest BCUT2D eigenvalue weighted by atomic mass is 79.9. The third-order valence-corrected chi connectivity index (χ3v) is 7.82. The standard InChI is InChI=1S/C11H14BrN3S4/c1-3-7(13)9(8-4-6(12)5-17-8)18-11-15-14-10(16-2)19-11/h4-5,7,9H,3,13H2,1-2H3. The van der Waals surface area contributed by atoms with Crippen molar-refractivity contribution in [3.05, 3.63) is 20.8 Å². The van der Waals surface area contributed by atoms with Crippen molar-refractivity contribution in [2.45, 2.75) is 33.3 Å². The summed E-state index contributed by atoms with van der Waals surface area (Å²) < 4.78 is 3.10. The Morgan fingerprint density at radius 1 is 1.42 bits per heavy atom. The van der Waals surface area contributed by atoms with Gasteiger partial charge in [-0.05, 0) is 34.7 Å². The molecule has 8 heteroatoms. The number of thioether (sulfide) groups is 2. The van der Waals surface area contributed by atoms with E-state index in [1.807, 2.05) is 6.26 Å². The molecule has 0 saturated heterocycles. The maximum atomic E-state index is 6.27. The minimum Gasteiger partial charge on any atom is -0.326 e. The molecule has 0 aliphatic rings. The summed E-state index contributed by atoms with van der Waals surface area (Å²) in [6, 6.07) is 2.27. The summed E-state index contributed by atoms with van der Waals surface area (Å²) in [4.78, 5) is 1.28. The Hall–Kier alpha value is 0.400. The number of nitrogens with two attached hydrogens (primary N) is 1. The van der Waals surface area contributed by atoms with E-state index in [0.29, 0.717) is 0 Å². The maximum absolute atomic E-state index is 6.27. The van der Waals surface area contributed by atoms with Crippen LogP contribution in [0.15, 0.2) is 24.6 Å². The van der Waals surface area contributed by atoms with E-state index in [-0.39, 0.29) is 11.3 Å². The Labute approximate surface area is 137 Å². The minimum absolute atomic E-state index is 0.122. The van der Waals surface area contributed by atoms with Crippen LogP contribution >= 0.6 is 62.1 Å². The van der Waals surface area contributed by atoms with Crippen molar-refractivity contribution < 1.29 is 0 Å². The fourth-order valence-corrected chi connectivity index (χ4v) is 6.05. The summed E-state index contributed by atoms with van der Waals surface area (Å²) in [5.74, 6) is 0. The highest BCUT2D eigenvalue weighted by Crippen LogP contribution is 2.43. The van der Waals surface area contributed by atoms with Gasteiger partial charge in [0.15, 0.2) is 8.68 Å². The molecule has 0 aromatic carbocycles. The summed E-state index contributed by atoms with van der Waals surface area (Å²) in [6.07, 6.45) is 2.96. The van der Waals surface area contributed by atoms with Gasteiger partial charge in [0, 0.05) is 20.8 Å². The van der Waals surface area contributed by atoms with E-state index in [1.165, 1.54) is 4.88 Å². The molecule has 19 heavy (non-hydrogen) atoms. The van der Waals surface area contributed by atoms with E-state index in [0.717, 1.165) is 19.6 Å². The third-order valence-electron chi connectivity index (χ3n) is 2.52. The molecule has 2 N–H and O–H groups in total. The molecule has 2 unspecified atom stereocenters. The molecule has 0 bridgehead atoms. The molecule has 0 aliphatic heterocycles.